The average Bonchev–Trinajstić information content (AvgIpc) is 3.66. The average molecular weight is 544 g/mol. The second kappa shape index (κ2) is 12.0. The number of ether oxygens (including phenoxy) is 2. The molecule has 0 saturated carbocycles. The summed E-state index contributed by atoms with van der Waals surface area (Å²) in [6.07, 6.45) is 8.22. The number of carbonyl (C=O) groups excluding carboxylic acids is 2. The molecule has 1 aliphatic heterocycles. The zero-order valence-electron chi connectivity index (χ0n) is 22.5. The van der Waals surface area contributed by atoms with Gasteiger partial charge in [0.2, 0.25) is 11.8 Å². The van der Waals surface area contributed by atoms with Crippen LogP contribution >= 0.6 is 0 Å². The number of benzene rings is 2. The number of carbonyl (C=O) groups is 2. The molecular weight excluding hydrogens is 510 g/mol. The van der Waals surface area contributed by atoms with Crippen LogP contribution in [0.15, 0.2) is 61.3 Å². The Kier molecular flexibility index (Phi) is 8.11. The fraction of sp³-hybridized carbons (Fsp3) is 0.310. The van der Waals surface area contributed by atoms with Crippen molar-refractivity contribution in [3.63, 3.8) is 0 Å². The van der Waals surface area contributed by atoms with Crippen molar-refractivity contribution in [3.05, 3.63) is 78.1 Å². The first-order valence-corrected chi connectivity index (χ1v) is 13.2. The lowest BCUT2D eigenvalue weighted by Crippen LogP contribution is -2.41. The quantitative estimate of drug-likeness (QED) is 0.227. The lowest BCUT2D eigenvalue weighted by atomic mass is 9.86. The summed E-state index contributed by atoms with van der Waals surface area (Å²) >= 11 is 0. The summed E-state index contributed by atoms with van der Waals surface area (Å²) < 4.78 is 12.4. The van der Waals surface area contributed by atoms with E-state index in [-0.39, 0.29) is 5.91 Å². The molecule has 2 aromatic carbocycles. The van der Waals surface area contributed by atoms with E-state index in [0.717, 1.165) is 22.4 Å². The van der Waals surface area contributed by atoms with Gasteiger partial charge in [-0.25, -0.2) is 4.98 Å². The molecule has 4 aromatic rings. The summed E-state index contributed by atoms with van der Waals surface area (Å²) in [4.78, 5) is 34.8. The maximum atomic E-state index is 13.8. The van der Waals surface area contributed by atoms with Crippen molar-refractivity contribution in [2.24, 2.45) is 11.7 Å². The summed E-state index contributed by atoms with van der Waals surface area (Å²) in [5.41, 5.74) is 10.0. The molecule has 5 N–H and O–H groups in total. The number of aromatic amines is 2. The van der Waals surface area contributed by atoms with Gasteiger partial charge in [0.25, 0.3) is 0 Å². The van der Waals surface area contributed by atoms with Gasteiger partial charge in [0.15, 0.2) is 0 Å². The van der Waals surface area contributed by atoms with E-state index in [2.05, 4.69) is 25.5 Å². The lowest BCUT2D eigenvalue weighted by molar-refractivity contribution is -0.123. The largest absolute Gasteiger partial charge is 0.490 e. The Morgan fingerprint density at radius 2 is 2.05 bits per heavy atom. The summed E-state index contributed by atoms with van der Waals surface area (Å²) in [6, 6.07) is 10.8. The number of hydrogen-bond donors (Lipinski definition) is 4. The van der Waals surface area contributed by atoms with Crippen LogP contribution in [0.5, 0.6) is 11.5 Å². The number of aryl methyl sites for hydroxylation is 1. The van der Waals surface area contributed by atoms with Crippen LogP contribution in [0.4, 0.5) is 5.69 Å². The Morgan fingerprint density at radius 1 is 1.18 bits per heavy atom. The van der Waals surface area contributed by atoms with Gasteiger partial charge >= 0.3 is 0 Å². The Balaban J connectivity index is 1.40. The van der Waals surface area contributed by atoms with E-state index in [1.54, 1.807) is 43.1 Å². The molecule has 1 aliphatic rings. The number of primary amides is 1. The minimum absolute atomic E-state index is 0.196. The van der Waals surface area contributed by atoms with E-state index in [1.807, 2.05) is 37.2 Å². The van der Waals surface area contributed by atoms with Gasteiger partial charge in [0.1, 0.15) is 24.2 Å². The van der Waals surface area contributed by atoms with Crippen LogP contribution in [0.1, 0.15) is 28.0 Å². The Labute approximate surface area is 232 Å². The molecule has 2 atom stereocenters. The number of likely N-dealkylation sites (N-methyl/N-ethyl adjacent to an activating group) is 1. The summed E-state index contributed by atoms with van der Waals surface area (Å²) in [6.45, 7) is 1.17. The van der Waals surface area contributed by atoms with E-state index in [0.29, 0.717) is 55.2 Å². The normalized spacial score (nSPS) is 16.3. The van der Waals surface area contributed by atoms with Gasteiger partial charge in [-0.2, -0.15) is 5.10 Å². The van der Waals surface area contributed by atoms with Crippen molar-refractivity contribution in [1.82, 2.24) is 25.1 Å². The third-order valence-electron chi connectivity index (χ3n) is 6.97. The molecule has 11 nitrogen and oxygen atoms in total. The third-order valence-corrected chi connectivity index (χ3v) is 6.97. The number of H-pyrrole nitrogens is 2. The van der Waals surface area contributed by atoms with Gasteiger partial charge in [-0.1, -0.05) is 6.07 Å². The van der Waals surface area contributed by atoms with Crippen molar-refractivity contribution >= 4 is 17.5 Å². The van der Waals surface area contributed by atoms with Gasteiger partial charge in [-0.05, 0) is 74.8 Å². The first-order chi connectivity index (χ1) is 19.4. The van der Waals surface area contributed by atoms with Crippen LogP contribution in [0.3, 0.4) is 0 Å². The van der Waals surface area contributed by atoms with E-state index >= 15 is 0 Å². The molecule has 0 fully saturated rings. The second-order valence-corrected chi connectivity index (χ2v) is 10.1. The smallest absolute Gasteiger partial charge is 0.248 e. The molecule has 208 valence electrons. The van der Waals surface area contributed by atoms with Gasteiger partial charge in [-0.3, -0.25) is 14.7 Å². The minimum atomic E-state index is -0.526. The predicted octanol–water partition coefficient (Wildman–Crippen LogP) is 3.03. The topological polar surface area (TPSA) is 151 Å². The highest BCUT2D eigenvalue weighted by Gasteiger charge is 2.36. The number of nitrogens with two attached hydrogens (primary N) is 1. The predicted molar refractivity (Wildman–Crippen MR) is 150 cm³/mol. The summed E-state index contributed by atoms with van der Waals surface area (Å²) in [7, 11) is 3.95. The van der Waals surface area contributed by atoms with Crippen molar-refractivity contribution in [1.29, 1.82) is 0 Å². The van der Waals surface area contributed by atoms with Crippen molar-refractivity contribution in [3.8, 4) is 22.6 Å². The SMILES string of the molecule is CN(C)CCOc1cc(-c2cn[nH]c2)ccc1NC(=O)C1Cc2cc(C(N)=O)ccc2OC1CCc1cnc[nH]1. The summed E-state index contributed by atoms with van der Waals surface area (Å²) in [5.74, 6) is -0.0146. The van der Waals surface area contributed by atoms with Gasteiger partial charge in [0.05, 0.1) is 24.1 Å². The van der Waals surface area contributed by atoms with Gasteiger partial charge in [-0.15, -0.1) is 0 Å². The number of amides is 2. The lowest BCUT2D eigenvalue weighted by Gasteiger charge is -2.33. The van der Waals surface area contributed by atoms with Crippen molar-refractivity contribution < 1.29 is 19.1 Å². The molecule has 0 spiro atoms. The monoisotopic (exact) mass is 543 g/mol. The number of nitrogens with one attached hydrogen (secondary N) is 3. The number of nitrogens with zero attached hydrogens (tertiary/aromatic N) is 3. The molecule has 5 rings (SSSR count). The molecule has 0 radical (unpaired) electrons. The highest BCUT2D eigenvalue weighted by molar-refractivity contribution is 5.96. The highest BCUT2D eigenvalue weighted by Crippen LogP contribution is 2.36. The number of aromatic nitrogens is 4. The first kappa shape index (κ1) is 26.9. The number of fused-ring (bicyclic) bond motifs is 1. The zero-order chi connectivity index (χ0) is 28.1. The van der Waals surface area contributed by atoms with Crippen LogP contribution in [0.25, 0.3) is 11.1 Å². The van der Waals surface area contributed by atoms with E-state index in [9.17, 15) is 9.59 Å². The van der Waals surface area contributed by atoms with E-state index in [4.69, 9.17) is 15.2 Å². The molecule has 11 heteroatoms. The van der Waals surface area contributed by atoms with Crippen LogP contribution in [-0.2, 0) is 17.6 Å². The molecule has 2 unspecified atom stereocenters. The fourth-order valence-corrected chi connectivity index (χ4v) is 4.76. The first-order valence-electron chi connectivity index (χ1n) is 13.2. The van der Waals surface area contributed by atoms with Crippen LogP contribution < -0.4 is 20.5 Å². The fourth-order valence-electron chi connectivity index (χ4n) is 4.76. The standard InChI is InChI=1S/C29H33N7O4/c1-36(2)9-10-39-27-13-18(21-14-33-34-15-21)3-6-24(27)35-29(38)23-12-20-11-19(28(30)37)4-7-25(20)40-26(23)8-5-22-16-31-17-32-22/h3-4,6-7,11,13-17,23,26H,5,8-10,12H2,1-2H3,(H2,30,37)(H,31,32)(H,33,34)(H,35,38). The van der Waals surface area contributed by atoms with E-state index < -0.39 is 17.9 Å². The molecule has 2 aromatic heterocycles. The summed E-state index contributed by atoms with van der Waals surface area (Å²) in [5, 5.41) is 9.95. The number of anilines is 1. The van der Waals surface area contributed by atoms with Crippen LogP contribution in [0.2, 0.25) is 0 Å². The zero-order valence-corrected chi connectivity index (χ0v) is 22.5. The maximum Gasteiger partial charge on any atom is 0.248 e. The van der Waals surface area contributed by atoms with Crippen molar-refractivity contribution in [2.75, 3.05) is 32.6 Å². The molecule has 0 bridgehead atoms. The van der Waals surface area contributed by atoms with Crippen LogP contribution in [0, 0.1) is 5.92 Å². The molecule has 0 aliphatic carbocycles. The Morgan fingerprint density at radius 3 is 2.77 bits per heavy atom. The van der Waals surface area contributed by atoms with Gasteiger partial charge in [0, 0.05) is 35.8 Å². The van der Waals surface area contributed by atoms with Crippen molar-refractivity contribution in [2.45, 2.75) is 25.4 Å². The van der Waals surface area contributed by atoms with Crippen LogP contribution in [-0.4, -0.2) is 70.2 Å². The second-order valence-electron chi connectivity index (χ2n) is 10.1. The third kappa shape index (κ3) is 6.32. The Bertz CT molecular complexity index is 1450. The molecule has 40 heavy (non-hydrogen) atoms. The minimum Gasteiger partial charge on any atom is -0.490 e. The Hall–Kier alpha value is -4.64. The molecule has 0 saturated heterocycles. The van der Waals surface area contributed by atoms with Gasteiger partial charge < -0.3 is 30.4 Å². The van der Waals surface area contributed by atoms with E-state index in [1.165, 1.54) is 0 Å². The number of hydrogen-bond acceptors (Lipinski definition) is 7. The molecule has 3 heterocycles. The number of rotatable bonds is 11. The number of imidazole rings is 1. The highest BCUT2D eigenvalue weighted by atomic mass is 16.5. The molecular formula is C29H33N7O4. The molecule has 2 amide bonds. The maximum absolute atomic E-state index is 13.8.